The van der Waals surface area contributed by atoms with Gasteiger partial charge in [-0.3, -0.25) is 4.90 Å². The molecule has 0 aliphatic heterocycles. The average Bonchev–Trinajstić information content (AvgIpc) is 2.27. The van der Waals surface area contributed by atoms with Crippen LogP contribution >= 0.6 is 11.6 Å². The lowest BCUT2D eigenvalue weighted by Crippen LogP contribution is -2.52. The SMILES string of the molecule is CC(c1ccc(Cl)cc1)N(C)CC(C)(C)C(C)(C)N. The Kier molecular flexibility index (Phi) is 5.05. The standard InChI is InChI=1S/C16H27ClN2/c1-12(13-7-9-14(17)10-8-13)19(6)11-15(2,3)16(4,5)18/h7-10,12H,11,18H2,1-6H3. The number of rotatable bonds is 5. The normalized spacial score (nSPS) is 14.8. The van der Waals surface area contributed by atoms with Gasteiger partial charge in [-0.1, -0.05) is 37.6 Å². The Labute approximate surface area is 122 Å². The molecule has 1 unspecified atom stereocenters. The lowest BCUT2D eigenvalue weighted by atomic mass is 9.74. The van der Waals surface area contributed by atoms with Crippen LogP contribution in [0.5, 0.6) is 0 Å². The van der Waals surface area contributed by atoms with E-state index in [4.69, 9.17) is 17.3 Å². The van der Waals surface area contributed by atoms with E-state index in [1.165, 1.54) is 5.56 Å². The third kappa shape index (κ3) is 4.20. The number of nitrogens with two attached hydrogens (primary N) is 1. The number of halogens is 1. The maximum absolute atomic E-state index is 6.28. The van der Waals surface area contributed by atoms with Gasteiger partial charge in [-0.15, -0.1) is 0 Å². The average molecular weight is 283 g/mol. The summed E-state index contributed by atoms with van der Waals surface area (Å²) in [6.45, 7) is 11.8. The lowest BCUT2D eigenvalue weighted by Gasteiger charge is -2.42. The highest BCUT2D eigenvalue weighted by atomic mass is 35.5. The summed E-state index contributed by atoms with van der Waals surface area (Å²) in [6, 6.07) is 8.41. The van der Waals surface area contributed by atoms with Gasteiger partial charge in [-0.2, -0.15) is 0 Å². The van der Waals surface area contributed by atoms with Gasteiger partial charge in [0.2, 0.25) is 0 Å². The highest BCUT2D eigenvalue weighted by Gasteiger charge is 2.35. The Morgan fingerprint density at radius 2 is 1.63 bits per heavy atom. The van der Waals surface area contributed by atoms with Crippen LogP contribution in [0.2, 0.25) is 5.02 Å². The zero-order valence-corrected chi connectivity index (χ0v) is 13.8. The Morgan fingerprint density at radius 3 is 2.05 bits per heavy atom. The third-order valence-corrected chi connectivity index (χ3v) is 4.65. The molecule has 0 spiro atoms. The van der Waals surface area contributed by atoms with Gasteiger partial charge in [-0.05, 0) is 50.9 Å². The van der Waals surface area contributed by atoms with Crippen LogP contribution in [0.3, 0.4) is 0 Å². The maximum atomic E-state index is 6.28. The largest absolute Gasteiger partial charge is 0.325 e. The molecule has 1 aromatic rings. The molecule has 0 bridgehead atoms. The van der Waals surface area contributed by atoms with Crippen molar-refractivity contribution in [2.45, 2.75) is 46.2 Å². The van der Waals surface area contributed by atoms with Gasteiger partial charge >= 0.3 is 0 Å². The van der Waals surface area contributed by atoms with E-state index in [0.717, 1.165) is 11.6 Å². The van der Waals surface area contributed by atoms with E-state index in [1.54, 1.807) is 0 Å². The molecule has 0 saturated carbocycles. The van der Waals surface area contributed by atoms with Gasteiger partial charge in [0.25, 0.3) is 0 Å². The summed E-state index contributed by atoms with van der Waals surface area (Å²) in [6.07, 6.45) is 0. The van der Waals surface area contributed by atoms with Crippen molar-refractivity contribution in [2.24, 2.45) is 11.1 Å². The van der Waals surface area contributed by atoms with E-state index in [1.807, 2.05) is 12.1 Å². The summed E-state index contributed by atoms with van der Waals surface area (Å²) in [5, 5.41) is 0.780. The van der Waals surface area contributed by atoms with E-state index >= 15 is 0 Å². The van der Waals surface area contributed by atoms with Crippen LogP contribution in [0.4, 0.5) is 0 Å². The molecule has 19 heavy (non-hydrogen) atoms. The molecule has 0 fully saturated rings. The molecular formula is C16H27ClN2. The van der Waals surface area contributed by atoms with Crippen LogP contribution in [0.25, 0.3) is 0 Å². The second-order valence-corrected chi connectivity index (χ2v) is 7.18. The Balaban J connectivity index is 2.78. The molecule has 3 heteroatoms. The molecule has 0 aliphatic rings. The topological polar surface area (TPSA) is 29.3 Å². The van der Waals surface area contributed by atoms with Gasteiger partial charge in [-0.25, -0.2) is 0 Å². The molecule has 1 atom stereocenters. The molecule has 0 aromatic heterocycles. The first kappa shape index (κ1) is 16.5. The molecular weight excluding hydrogens is 256 g/mol. The molecule has 0 heterocycles. The van der Waals surface area contributed by atoms with Crippen LogP contribution < -0.4 is 5.73 Å². The fraction of sp³-hybridized carbons (Fsp3) is 0.625. The first-order valence-electron chi connectivity index (χ1n) is 6.79. The molecule has 1 aromatic carbocycles. The van der Waals surface area contributed by atoms with E-state index < -0.39 is 0 Å². The fourth-order valence-corrected chi connectivity index (χ4v) is 2.09. The van der Waals surface area contributed by atoms with Crippen LogP contribution in [-0.4, -0.2) is 24.0 Å². The summed E-state index contributed by atoms with van der Waals surface area (Å²) >= 11 is 5.93. The van der Waals surface area contributed by atoms with E-state index in [2.05, 4.69) is 58.7 Å². The van der Waals surface area contributed by atoms with Gasteiger partial charge in [0.05, 0.1) is 0 Å². The minimum Gasteiger partial charge on any atom is -0.325 e. The first-order valence-corrected chi connectivity index (χ1v) is 7.17. The van der Waals surface area contributed by atoms with Crippen molar-refractivity contribution < 1.29 is 0 Å². The quantitative estimate of drug-likeness (QED) is 0.881. The molecule has 108 valence electrons. The molecule has 0 radical (unpaired) electrons. The van der Waals surface area contributed by atoms with Crippen molar-refractivity contribution in [1.29, 1.82) is 0 Å². The Morgan fingerprint density at radius 1 is 1.16 bits per heavy atom. The lowest BCUT2D eigenvalue weighted by molar-refractivity contribution is 0.108. The van der Waals surface area contributed by atoms with Crippen molar-refractivity contribution in [3.8, 4) is 0 Å². The predicted molar refractivity (Wildman–Crippen MR) is 84.5 cm³/mol. The minimum absolute atomic E-state index is 0.0441. The van der Waals surface area contributed by atoms with Crippen LogP contribution in [-0.2, 0) is 0 Å². The summed E-state index contributed by atoms with van der Waals surface area (Å²) in [4.78, 5) is 2.35. The molecule has 2 nitrogen and oxygen atoms in total. The van der Waals surface area contributed by atoms with Crippen LogP contribution in [0, 0.1) is 5.41 Å². The summed E-state index contributed by atoms with van der Waals surface area (Å²) in [5.41, 5.74) is 7.39. The minimum atomic E-state index is -0.207. The van der Waals surface area contributed by atoms with Crippen molar-refractivity contribution in [2.75, 3.05) is 13.6 Å². The highest BCUT2D eigenvalue weighted by molar-refractivity contribution is 6.30. The van der Waals surface area contributed by atoms with Crippen LogP contribution in [0.15, 0.2) is 24.3 Å². The molecule has 1 rings (SSSR count). The molecule has 0 amide bonds. The Hall–Kier alpha value is -0.570. The zero-order chi connectivity index (χ0) is 14.8. The molecule has 0 saturated heterocycles. The summed E-state index contributed by atoms with van der Waals surface area (Å²) in [7, 11) is 2.15. The monoisotopic (exact) mass is 282 g/mol. The summed E-state index contributed by atoms with van der Waals surface area (Å²) < 4.78 is 0. The highest BCUT2D eigenvalue weighted by Crippen LogP contribution is 2.31. The number of benzene rings is 1. The van der Waals surface area contributed by atoms with Crippen molar-refractivity contribution in [3.63, 3.8) is 0 Å². The van der Waals surface area contributed by atoms with E-state index in [-0.39, 0.29) is 11.0 Å². The number of hydrogen-bond donors (Lipinski definition) is 1. The second-order valence-electron chi connectivity index (χ2n) is 6.75. The smallest absolute Gasteiger partial charge is 0.0406 e. The second kappa shape index (κ2) is 5.82. The van der Waals surface area contributed by atoms with Crippen molar-refractivity contribution in [3.05, 3.63) is 34.9 Å². The first-order chi connectivity index (χ1) is 8.54. The third-order valence-electron chi connectivity index (χ3n) is 4.40. The molecule has 2 N–H and O–H groups in total. The summed E-state index contributed by atoms with van der Waals surface area (Å²) in [5.74, 6) is 0. The predicted octanol–water partition coefficient (Wildman–Crippen LogP) is 4.10. The van der Waals surface area contributed by atoms with Gasteiger partial charge in [0.15, 0.2) is 0 Å². The van der Waals surface area contributed by atoms with Gasteiger partial charge in [0, 0.05) is 23.1 Å². The fourth-order valence-electron chi connectivity index (χ4n) is 1.96. The number of hydrogen-bond acceptors (Lipinski definition) is 2. The van der Waals surface area contributed by atoms with E-state index in [0.29, 0.717) is 6.04 Å². The van der Waals surface area contributed by atoms with Crippen LogP contribution in [0.1, 0.15) is 46.2 Å². The van der Waals surface area contributed by atoms with E-state index in [9.17, 15) is 0 Å². The van der Waals surface area contributed by atoms with Gasteiger partial charge in [0.1, 0.15) is 0 Å². The Bertz CT molecular complexity index is 404. The maximum Gasteiger partial charge on any atom is 0.0406 e. The van der Waals surface area contributed by atoms with Gasteiger partial charge < -0.3 is 5.73 Å². The zero-order valence-electron chi connectivity index (χ0n) is 13.0. The van der Waals surface area contributed by atoms with Crippen molar-refractivity contribution >= 4 is 11.6 Å². The number of nitrogens with zero attached hydrogens (tertiary/aromatic N) is 1. The molecule has 0 aliphatic carbocycles. The van der Waals surface area contributed by atoms with Crippen molar-refractivity contribution in [1.82, 2.24) is 4.90 Å².